The molecule has 4 aliphatic rings. The fourth-order valence-electron chi connectivity index (χ4n) is 10.6. The van der Waals surface area contributed by atoms with Gasteiger partial charge in [-0.3, -0.25) is 0 Å². The predicted octanol–water partition coefficient (Wildman–Crippen LogP) is 8.54. The molecule has 0 atom stereocenters. The van der Waals surface area contributed by atoms with Crippen LogP contribution in [0.1, 0.15) is 38.9 Å². The molecule has 3 nitrogen and oxygen atoms in total. The quantitative estimate of drug-likeness (QED) is 0.168. The molecule has 0 bridgehead atoms. The second-order valence-corrected chi connectivity index (χ2v) is 16.3. The Morgan fingerprint density at radius 2 is 0.722 bits per heavy atom. The molecule has 0 aromatic heterocycles. The number of fused-ring (bicyclic) bond motifs is 10. The van der Waals surface area contributed by atoms with Crippen LogP contribution in [0.25, 0.3) is 0 Å². The lowest BCUT2D eigenvalue weighted by atomic mass is 9.28. The van der Waals surface area contributed by atoms with Crippen LogP contribution >= 0.6 is 0 Å². The second-order valence-electron chi connectivity index (χ2n) is 16.3. The molecule has 0 saturated heterocycles. The van der Waals surface area contributed by atoms with Crippen LogP contribution in [0.5, 0.6) is 0 Å². The maximum Gasteiger partial charge on any atom is 0.252 e. The molecule has 0 aliphatic carbocycles. The molecule has 54 heavy (non-hydrogen) atoms. The molecule has 0 amide bonds. The monoisotopic (exact) mass is 693 g/mol. The van der Waals surface area contributed by atoms with Crippen molar-refractivity contribution in [3.05, 3.63) is 160 Å². The number of nitrogens with zero attached hydrogens (tertiary/aromatic N) is 3. The third-order valence-corrected chi connectivity index (χ3v) is 12.4. The Morgan fingerprint density at radius 3 is 1.15 bits per heavy atom. The van der Waals surface area contributed by atoms with Crippen molar-refractivity contribution in [3.63, 3.8) is 0 Å². The second kappa shape index (κ2) is 11.1. The van der Waals surface area contributed by atoms with Crippen molar-refractivity contribution < 1.29 is 0 Å². The van der Waals surface area contributed by atoms with Crippen LogP contribution in [0.3, 0.4) is 0 Å². The highest BCUT2D eigenvalue weighted by Crippen LogP contribution is 2.52. The number of hydrogen-bond acceptors (Lipinski definition) is 3. The molecule has 11 rings (SSSR count). The third kappa shape index (κ3) is 4.16. The maximum atomic E-state index is 2.65. The first-order valence-electron chi connectivity index (χ1n) is 19.3. The van der Waals surface area contributed by atoms with E-state index in [0.717, 1.165) is 0 Å². The Labute approximate surface area is 319 Å². The van der Waals surface area contributed by atoms with Gasteiger partial charge in [0.05, 0.1) is 0 Å². The van der Waals surface area contributed by atoms with Crippen molar-refractivity contribution in [1.82, 2.24) is 0 Å². The lowest BCUT2D eigenvalue weighted by Crippen LogP contribution is -2.69. The van der Waals surface area contributed by atoms with E-state index in [-0.39, 0.29) is 13.4 Å². The predicted molar refractivity (Wildman–Crippen MR) is 233 cm³/mol. The van der Waals surface area contributed by atoms with Gasteiger partial charge in [-0.15, -0.1) is 0 Å². The summed E-state index contributed by atoms with van der Waals surface area (Å²) in [6.07, 6.45) is 0. The highest BCUT2D eigenvalue weighted by molar-refractivity contribution is 7.05. The zero-order valence-electron chi connectivity index (χ0n) is 32.0. The minimum absolute atomic E-state index is 0.0861. The summed E-state index contributed by atoms with van der Waals surface area (Å²) in [6, 6.07) is 46.8. The maximum absolute atomic E-state index is 2.65. The Morgan fingerprint density at radius 1 is 0.333 bits per heavy atom. The van der Waals surface area contributed by atoms with Gasteiger partial charge in [-0.2, -0.15) is 0 Å². The van der Waals surface area contributed by atoms with E-state index >= 15 is 0 Å². The highest BCUT2D eigenvalue weighted by atomic mass is 15.2. The fraction of sp³-hybridized carbons (Fsp3) is 0.143. The van der Waals surface area contributed by atoms with E-state index < -0.39 is 0 Å². The number of anilines is 9. The van der Waals surface area contributed by atoms with E-state index in [4.69, 9.17) is 0 Å². The van der Waals surface area contributed by atoms with Crippen molar-refractivity contribution in [2.24, 2.45) is 0 Å². The summed E-state index contributed by atoms with van der Waals surface area (Å²) < 4.78 is 0. The van der Waals surface area contributed by atoms with E-state index in [0.29, 0.717) is 0 Å². The van der Waals surface area contributed by atoms with Crippen LogP contribution < -0.4 is 47.5 Å². The van der Waals surface area contributed by atoms with Gasteiger partial charge >= 0.3 is 0 Å². The fourth-order valence-corrected chi connectivity index (χ4v) is 10.6. The molecule has 0 saturated carbocycles. The largest absolute Gasteiger partial charge is 0.312 e. The summed E-state index contributed by atoms with van der Waals surface area (Å²) in [5.74, 6) is 0. The van der Waals surface area contributed by atoms with Gasteiger partial charge < -0.3 is 14.7 Å². The van der Waals surface area contributed by atoms with E-state index in [1.54, 1.807) is 0 Å². The summed E-state index contributed by atoms with van der Waals surface area (Å²) in [5, 5.41) is 0. The van der Waals surface area contributed by atoms with Crippen molar-refractivity contribution in [1.29, 1.82) is 0 Å². The smallest absolute Gasteiger partial charge is 0.252 e. The molecule has 0 spiro atoms. The van der Waals surface area contributed by atoms with Crippen LogP contribution in [-0.2, 0) is 0 Å². The number of para-hydroxylation sites is 2. The first kappa shape index (κ1) is 31.6. The van der Waals surface area contributed by atoms with Gasteiger partial charge in [-0.25, -0.2) is 0 Å². The molecule has 0 fully saturated rings. The topological polar surface area (TPSA) is 9.72 Å². The number of hydrogen-bond donors (Lipinski definition) is 0. The Hall–Kier alpha value is -5.93. The molecule has 7 aromatic rings. The molecule has 7 aromatic carbocycles. The molecule has 0 radical (unpaired) electrons. The van der Waals surface area contributed by atoms with E-state index in [9.17, 15) is 0 Å². The Bertz CT molecular complexity index is 2570. The van der Waals surface area contributed by atoms with Crippen LogP contribution in [-0.4, -0.2) is 13.4 Å². The van der Waals surface area contributed by atoms with E-state index in [1.165, 1.54) is 123 Å². The first-order valence-corrected chi connectivity index (χ1v) is 19.3. The lowest BCUT2D eigenvalue weighted by molar-refractivity contribution is 1.19. The van der Waals surface area contributed by atoms with Crippen molar-refractivity contribution >= 4 is 97.4 Å². The minimum Gasteiger partial charge on any atom is -0.312 e. The molecule has 0 N–H and O–H groups in total. The molecule has 5 heteroatoms. The van der Waals surface area contributed by atoms with Gasteiger partial charge in [0, 0.05) is 51.2 Å². The summed E-state index contributed by atoms with van der Waals surface area (Å²) in [4.78, 5) is 7.85. The van der Waals surface area contributed by atoms with Gasteiger partial charge in [0.2, 0.25) is 0 Å². The Kier molecular flexibility index (Phi) is 6.46. The molecule has 4 aliphatic heterocycles. The highest BCUT2D eigenvalue weighted by Gasteiger charge is 2.52. The first-order chi connectivity index (χ1) is 26.2. The lowest BCUT2D eigenvalue weighted by Gasteiger charge is -2.52. The number of aryl methyl sites for hydroxylation is 6. The zero-order chi connectivity index (χ0) is 36.7. The number of benzene rings is 7. The average molecular weight is 694 g/mol. The standard InChI is InChI=1S/C49H41B2N3/c1-28-16-18-43-39(26-28)50-37-12-8-10-14-41(37)52(35-22-30(3)20-31(4)23-35)47-34(7)48-46-49(45(47)50)54(43)44-19-17-29(2)27-40(44)51(46)38-13-9-11-15-42(38)53(48)36-24-32(5)21-33(6)25-36/h8-27H,1-7H3. The third-order valence-electron chi connectivity index (χ3n) is 12.4. The van der Waals surface area contributed by atoms with Gasteiger partial charge in [0.1, 0.15) is 0 Å². The van der Waals surface area contributed by atoms with Crippen LogP contribution in [0.15, 0.2) is 121 Å². The summed E-state index contributed by atoms with van der Waals surface area (Å²) in [5.41, 5.74) is 28.7. The van der Waals surface area contributed by atoms with E-state index in [2.05, 4.69) is 184 Å². The van der Waals surface area contributed by atoms with Crippen molar-refractivity contribution in [2.45, 2.75) is 48.5 Å². The molecule has 258 valence electrons. The molecule has 0 unspecified atom stereocenters. The van der Waals surface area contributed by atoms with Crippen LogP contribution in [0.2, 0.25) is 0 Å². The molecular weight excluding hydrogens is 652 g/mol. The van der Waals surface area contributed by atoms with Crippen molar-refractivity contribution in [3.8, 4) is 0 Å². The minimum atomic E-state index is 0.0861. The summed E-state index contributed by atoms with van der Waals surface area (Å²) in [6.45, 7) is 16.0. The molecule has 4 heterocycles. The normalized spacial score (nSPS) is 14.0. The SMILES string of the molecule is Cc1cc(C)cc(N2c3ccccc3B3c4cc(C)ccc4N4c5ccc(C)cc5B5c6ccccc6N(c6cc(C)cc(C)c6)c6c(C)c2c3c4c65)c1. The van der Waals surface area contributed by atoms with Crippen LogP contribution in [0.4, 0.5) is 51.2 Å². The summed E-state index contributed by atoms with van der Waals surface area (Å²) >= 11 is 0. The molecular formula is C49H41B2N3. The van der Waals surface area contributed by atoms with Gasteiger partial charge in [-0.05, 0) is 158 Å². The van der Waals surface area contributed by atoms with Gasteiger partial charge in [0.25, 0.3) is 13.4 Å². The zero-order valence-corrected chi connectivity index (χ0v) is 32.0. The number of rotatable bonds is 2. The average Bonchev–Trinajstić information content (AvgIpc) is 3.14. The van der Waals surface area contributed by atoms with Crippen molar-refractivity contribution in [2.75, 3.05) is 14.7 Å². The Balaban J connectivity index is 1.37. The van der Waals surface area contributed by atoms with E-state index in [1.807, 2.05) is 0 Å². The van der Waals surface area contributed by atoms with Crippen LogP contribution in [0, 0.1) is 48.5 Å². The summed E-state index contributed by atoms with van der Waals surface area (Å²) in [7, 11) is 0. The van der Waals surface area contributed by atoms with Gasteiger partial charge in [-0.1, -0.05) is 83.9 Å². The van der Waals surface area contributed by atoms with Gasteiger partial charge in [0.15, 0.2) is 0 Å².